The molecular weight excluding hydrogens is 248 g/mol. The maximum Gasteiger partial charge on any atom is 0.305 e. The van der Waals surface area contributed by atoms with Crippen LogP contribution < -0.4 is 0 Å². The van der Waals surface area contributed by atoms with Crippen LogP contribution in [0.2, 0.25) is 0 Å². The number of halogens is 2. The van der Waals surface area contributed by atoms with Crippen molar-refractivity contribution in [3.63, 3.8) is 0 Å². The van der Waals surface area contributed by atoms with Crippen molar-refractivity contribution in [2.75, 3.05) is 13.6 Å². The molecule has 0 heterocycles. The first-order valence-corrected chi connectivity index (χ1v) is 4.65. The van der Waals surface area contributed by atoms with Gasteiger partial charge in [0.05, 0.1) is 11.0 Å². The topological polar surface area (TPSA) is 87.2 Å². The van der Waals surface area contributed by atoms with Gasteiger partial charge in [0.25, 0.3) is 5.91 Å². The minimum Gasteiger partial charge on any atom is -0.328 e. The van der Waals surface area contributed by atoms with Crippen LogP contribution in [0.4, 0.5) is 14.5 Å². The number of amides is 1. The van der Waals surface area contributed by atoms with E-state index in [2.05, 4.69) is 0 Å². The van der Waals surface area contributed by atoms with Crippen molar-refractivity contribution in [3.05, 3.63) is 39.4 Å². The van der Waals surface area contributed by atoms with Crippen molar-refractivity contribution in [1.82, 2.24) is 4.90 Å². The second-order valence-electron chi connectivity index (χ2n) is 3.33. The second kappa shape index (κ2) is 5.18. The smallest absolute Gasteiger partial charge is 0.305 e. The molecule has 0 aliphatic rings. The minimum atomic E-state index is -1.55. The Morgan fingerprint density at radius 2 is 2.17 bits per heavy atom. The number of carbonyl (C=O) groups excluding carboxylic acids is 1. The number of nitrogens with zero attached hydrogens (tertiary/aromatic N) is 3. The summed E-state index contributed by atoms with van der Waals surface area (Å²) in [5, 5.41) is 18.8. The van der Waals surface area contributed by atoms with Gasteiger partial charge in [-0.2, -0.15) is 9.65 Å². The van der Waals surface area contributed by atoms with Crippen molar-refractivity contribution < 1.29 is 18.5 Å². The van der Waals surface area contributed by atoms with Gasteiger partial charge >= 0.3 is 5.69 Å². The van der Waals surface area contributed by atoms with Crippen LogP contribution in [0.25, 0.3) is 0 Å². The predicted molar refractivity (Wildman–Crippen MR) is 55.6 cm³/mol. The zero-order valence-corrected chi connectivity index (χ0v) is 9.18. The molecule has 0 spiro atoms. The van der Waals surface area contributed by atoms with Gasteiger partial charge < -0.3 is 4.90 Å². The molecular formula is C10H7F2N3O3. The monoisotopic (exact) mass is 255 g/mol. The van der Waals surface area contributed by atoms with E-state index in [-0.39, 0.29) is 6.54 Å². The van der Waals surface area contributed by atoms with Crippen LogP contribution >= 0.6 is 0 Å². The molecule has 1 aromatic carbocycles. The van der Waals surface area contributed by atoms with E-state index in [0.717, 1.165) is 11.9 Å². The molecule has 1 amide bonds. The first kappa shape index (κ1) is 13.5. The van der Waals surface area contributed by atoms with Crippen molar-refractivity contribution in [1.29, 1.82) is 5.26 Å². The Morgan fingerprint density at radius 1 is 1.56 bits per heavy atom. The Morgan fingerprint density at radius 3 is 2.67 bits per heavy atom. The van der Waals surface area contributed by atoms with Gasteiger partial charge in [-0.1, -0.05) is 0 Å². The quantitative estimate of drug-likeness (QED) is 0.464. The Kier molecular flexibility index (Phi) is 3.89. The molecule has 0 aromatic heterocycles. The van der Waals surface area contributed by atoms with Gasteiger partial charge in [0.2, 0.25) is 5.82 Å². The van der Waals surface area contributed by atoms with E-state index < -0.39 is 33.7 Å². The lowest BCUT2D eigenvalue weighted by Crippen LogP contribution is -2.29. The van der Waals surface area contributed by atoms with Crippen LogP contribution in [-0.2, 0) is 0 Å². The largest absolute Gasteiger partial charge is 0.328 e. The third-order valence-electron chi connectivity index (χ3n) is 2.14. The molecule has 0 atom stereocenters. The van der Waals surface area contributed by atoms with Crippen molar-refractivity contribution in [3.8, 4) is 6.07 Å². The number of benzene rings is 1. The molecule has 0 aliphatic carbocycles. The third kappa shape index (κ3) is 2.40. The third-order valence-corrected chi connectivity index (χ3v) is 2.14. The van der Waals surface area contributed by atoms with Gasteiger partial charge in [0, 0.05) is 13.1 Å². The van der Waals surface area contributed by atoms with E-state index in [1.165, 1.54) is 0 Å². The summed E-state index contributed by atoms with van der Waals surface area (Å²) in [7, 11) is 1.16. The lowest BCUT2D eigenvalue weighted by atomic mass is 10.1. The summed E-state index contributed by atoms with van der Waals surface area (Å²) in [4.78, 5) is 21.8. The molecule has 6 nitrogen and oxygen atoms in total. The fourth-order valence-corrected chi connectivity index (χ4v) is 1.25. The Bertz CT molecular complexity index is 554. The molecule has 0 bridgehead atoms. The standard InChI is InChI=1S/C10H7F2N3O3/c1-14(5-4-13)10(16)8-6(11)2-3-7(9(8)12)15(17)18/h2-3H,5H2,1H3. The zero-order valence-electron chi connectivity index (χ0n) is 9.18. The summed E-state index contributed by atoms with van der Waals surface area (Å²) in [6, 6.07) is 2.89. The molecule has 8 heteroatoms. The molecule has 94 valence electrons. The molecule has 0 unspecified atom stereocenters. The maximum absolute atomic E-state index is 13.6. The first-order chi connectivity index (χ1) is 8.40. The van der Waals surface area contributed by atoms with Crippen molar-refractivity contribution in [2.24, 2.45) is 0 Å². The van der Waals surface area contributed by atoms with Crippen LogP contribution in [0, 0.1) is 33.1 Å². The molecule has 0 aliphatic heterocycles. The summed E-state index contributed by atoms with van der Waals surface area (Å²) >= 11 is 0. The van der Waals surface area contributed by atoms with E-state index in [1.807, 2.05) is 0 Å². The van der Waals surface area contributed by atoms with Gasteiger partial charge in [0.15, 0.2) is 0 Å². The Labute approximate surface area is 100 Å². The number of nitro groups is 1. The normalized spacial score (nSPS) is 9.67. The van der Waals surface area contributed by atoms with Crippen molar-refractivity contribution >= 4 is 11.6 Å². The lowest BCUT2D eigenvalue weighted by molar-refractivity contribution is -0.387. The summed E-state index contributed by atoms with van der Waals surface area (Å²) in [6.07, 6.45) is 0. The highest BCUT2D eigenvalue weighted by Crippen LogP contribution is 2.23. The Balaban J connectivity index is 3.32. The molecule has 18 heavy (non-hydrogen) atoms. The summed E-state index contributed by atoms with van der Waals surface area (Å²) in [5.41, 5.74) is -2.04. The van der Waals surface area contributed by atoms with Crippen LogP contribution in [0.1, 0.15) is 10.4 Å². The van der Waals surface area contributed by atoms with Crippen LogP contribution in [-0.4, -0.2) is 29.3 Å². The van der Waals surface area contributed by atoms with E-state index in [9.17, 15) is 23.7 Å². The van der Waals surface area contributed by atoms with Gasteiger partial charge in [-0.3, -0.25) is 14.9 Å². The molecule has 0 radical (unpaired) electrons. The molecule has 0 saturated carbocycles. The summed E-state index contributed by atoms with van der Waals surface area (Å²) in [5.74, 6) is -3.89. The second-order valence-corrected chi connectivity index (χ2v) is 3.33. The molecule has 1 aromatic rings. The Hall–Kier alpha value is -2.56. The fourth-order valence-electron chi connectivity index (χ4n) is 1.25. The van der Waals surface area contributed by atoms with E-state index in [4.69, 9.17) is 5.26 Å². The number of rotatable bonds is 3. The summed E-state index contributed by atoms with van der Waals surface area (Å²) in [6.45, 7) is -0.388. The molecule has 0 saturated heterocycles. The SMILES string of the molecule is CN(CC#N)C(=O)c1c(F)ccc([N+](=O)[O-])c1F. The van der Waals surface area contributed by atoms with Gasteiger partial charge in [-0.05, 0) is 6.07 Å². The van der Waals surface area contributed by atoms with Crippen LogP contribution in [0.15, 0.2) is 12.1 Å². The highest BCUT2D eigenvalue weighted by atomic mass is 19.1. The van der Waals surface area contributed by atoms with Gasteiger partial charge in [-0.25, -0.2) is 4.39 Å². The van der Waals surface area contributed by atoms with Gasteiger partial charge in [-0.15, -0.1) is 0 Å². The van der Waals surface area contributed by atoms with Crippen molar-refractivity contribution in [2.45, 2.75) is 0 Å². The average Bonchev–Trinajstić information content (AvgIpc) is 2.28. The minimum absolute atomic E-state index is 0.388. The number of carbonyl (C=O) groups is 1. The number of hydrogen-bond donors (Lipinski definition) is 0. The predicted octanol–water partition coefficient (Wildman–Crippen LogP) is 1.47. The van der Waals surface area contributed by atoms with Crippen LogP contribution in [0.5, 0.6) is 0 Å². The average molecular weight is 255 g/mol. The van der Waals surface area contributed by atoms with E-state index in [1.54, 1.807) is 6.07 Å². The van der Waals surface area contributed by atoms with E-state index in [0.29, 0.717) is 12.1 Å². The highest BCUT2D eigenvalue weighted by Gasteiger charge is 2.27. The summed E-state index contributed by atoms with van der Waals surface area (Å²) < 4.78 is 27.0. The zero-order chi connectivity index (χ0) is 13.9. The van der Waals surface area contributed by atoms with Crippen LogP contribution in [0.3, 0.4) is 0 Å². The fraction of sp³-hybridized carbons (Fsp3) is 0.200. The van der Waals surface area contributed by atoms with Gasteiger partial charge in [0.1, 0.15) is 17.9 Å². The highest BCUT2D eigenvalue weighted by molar-refractivity contribution is 5.95. The first-order valence-electron chi connectivity index (χ1n) is 4.65. The molecule has 1 rings (SSSR count). The molecule has 0 fully saturated rings. The van der Waals surface area contributed by atoms with E-state index >= 15 is 0 Å². The maximum atomic E-state index is 13.6. The number of nitriles is 1. The molecule has 0 N–H and O–H groups in total. The lowest BCUT2D eigenvalue weighted by Gasteiger charge is -2.13. The number of nitro benzene ring substituents is 1. The number of hydrogen-bond acceptors (Lipinski definition) is 4.